The number of nitrogens with zero attached hydrogens (tertiary/aromatic N) is 5. The molecule has 3 heterocycles. The van der Waals surface area contributed by atoms with Crippen molar-refractivity contribution in [2.75, 3.05) is 20.2 Å². The molecular formula is C21H23N5O2. The number of ether oxygens (including phenoxy) is 1. The molecule has 1 aliphatic rings. The summed E-state index contributed by atoms with van der Waals surface area (Å²) in [4.78, 5) is 22.9. The van der Waals surface area contributed by atoms with Gasteiger partial charge in [0.2, 0.25) is 5.91 Å². The molecule has 28 heavy (non-hydrogen) atoms. The summed E-state index contributed by atoms with van der Waals surface area (Å²) in [6.07, 6.45) is 6.82. The van der Waals surface area contributed by atoms with Crippen LogP contribution in [0.2, 0.25) is 0 Å². The molecule has 0 bridgehead atoms. The summed E-state index contributed by atoms with van der Waals surface area (Å²) < 4.78 is 7.10. The number of rotatable bonds is 6. The number of pyridine rings is 1. The molecule has 0 N–H and O–H groups in total. The average Bonchev–Trinajstić information content (AvgIpc) is 3.18. The molecule has 1 amide bonds. The number of hydrogen-bond acceptors (Lipinski definition) is 5. The minimum Gasteiger partial charge on any atom is -0.497 e. The lowest BCUT2D eigenvalue weighted by atomic mass is 10.1. The normalized spacial score (nSPS) is 14.3. The van der Waals surface area contributed by atoms with Crippen LogP contribution in [0, 0.1) is 0 Å². The number of methoxy groups -OCH3 is 1. The zero-order chi connectivity index (χ0) is 19.3. The first-order valence-electron chi connectivity index (χ1n) is 9.53. The number of carbonyl (C=O) groups excluding carboxylic acids is 1. The van der Waals surface area contributed by atoms with Gasteiger partial charge in [-0.05, 0) is 49.2 Å². The Morgan fingerprint density at radius 2 is 1.86 bits per heavy atom. The quantitative estimate of drug-likeness (QED) is 0.660. The van der Waals surface area contributed by atoms with E-state index in [2.05, 4.69) is 4.98 Å². The number of carbonyl (C=O) groups is 1. The van der Waals surface area contributed by atoms with Gasteiger partial charge >= 0.3 is 0 Å². The molecule has 144 valence electrons. The van der Waals surface area contributed by atoms with Gasteiger partial charge in [0, 0.05) is 43.9 Å². The molecule has 0 aliphatic carbocycles. The molecule has 0 spiro atoms. The molecule has 0 unspecified atom stereocenters. The van der Waals surface area contributed by atoms with Crippen molar-refractivity contribution in [2.24, 2.45) is 0 Å². The Morgan fingerprint density at radius 3 is 2.57 bits per heavy atom. The third-order valence-corrected chi connectivity index (χ3v) is 4.96. The average molecular weight is 377 g/mol. The summed E-state index contributed by atoms with van der Waals surface area (Å²) >= 11 is 0. The lowest BCUT2D eigenvalue weighted by molar-refractivity contribution is -0.133. The summed E-state index contributed by atoms with van der Waals surface area (Å²) in [5, 5.41) is 4.72. The van der Waals surface area contributed by atoms with Gasteiger partial charge in [-0.2, -0.15) is 0 Å². The fraction of sp³-hybridized carbons (Fsp3) is 0.333. The van der Waals surface area contributed by atoms with Crippen LogP contribution in [0.1, 0.15) is 25.1 Å². The van der Waals surface area contributed by atoms with Crippen LogP contribution >= 0.6 is 0 Å². The fourth-order valence-corrected chi connectivity index (χ4v) is 3.39. The molecule has 0 atom stereocenters. The molecule has 1 aromatic carbocycles. The van der Waals surface area contributed by atoms with E-state index in [1.54, 1.807) is 19.5 Å². The summed E-state index contributed by atoms with van der Waals surface area (Å²) in [5.41, 5.74) is 1.83. The Morgan fingerprint density at radius 1 is 1.07 bits per heavy atom. The fourth-order valence-electron chi connectivity index (χ4n) is 3.39. The van der Waals surface area contributed by atoms with E-state index in [4.69, 9.17) is 14.8 Å². The molecule has 0 saturated carbocycles. The number of benzene rings is 1. The first-order valence-corrected chi connectivity index (χ1v) is 9.53. The molecule has 2 aromatic heterocycles. The monoisotopic (exact) mass is 377 g/mol. The molecule has 7 heteroatoms. The highest BCUT2D eigenvalue weighted by Gasteiger charge is 2.20. The third kappa shape index (κ3) is 3.88. The van der Waals surface area contributed by atoms with Gasteiger partial charge in [0.05, 0.1) is 12.8 Å². The maximum atomic E-state index is 12.1. The van der Waals surface area contributed by atoms with Crippen molar-refractivity contribution in [2.45, 2.75) is 25.7 Å². The van der Waals surface area contributed by atoms with Crippen molar-refractivity contribution in [3.05, 3.63) is 54.6 Å². The maximum absolute atomic E-state index is 12.1. The van der Waals surface area contributed by atoms with E-state index >= 15 is 0 Å². The van der Waals surface area contributed by atoms with Crippen LogP contribution in [-0.2, 0) is 11.2 Å². The van der Waals surface area contributed by atoms with E-state index in [-0.39, 0.29) is 5.91 Å². The summed E-state index contributed by atoms with van der Waals surface area (Å²) in [6, 6.07) is 11.5. The third-order valence-electron chi connectivity index (χ3n) is 4.96. The van der Waals surface area contributed by atoms with Crippen LogP contribution in [-0.4, -0.2) is 50.8 Å². The Labute approximate surface area is 164 Å². The highest BCUT2D eigenvalue weighted by atomic mass is 16.5. The van der Waals surface area contributed by atoms with Crippen LogP contribution in [0.3, 0.4) is 0 Å². The summed E-state index contributed by atoms with van der Waals surface area (Å²) in [7, 11) is 1.65. The van der Waals surface area contributed by atoms with E-state index in [0.29, 0.717) is 25.2 Å². The highest BCUT2D eigenvalue weighted by Crippen LogP contribution is 2.21. The number of piperidine rings is 1. The van der Waals surface area contributed by atoms with Crippen LogP contribution in [0.15, 0.2) is 48.8 Å². The summed E-state index contributed by atoms with van der Waals surface area (Å²) in [5.74, 6) is 2.50. The molecular weight excluding hydrogens is 354 g/mol. The van der Waals surface area contributed by atoms with Gasteiger partial charge in [0.15, 0.2) is 5.82 Å². The highest BCUT2D eigenvalue weighted by molar-refractivity contribution is 5.76. The zero-order valence-corrected chi connectivity index (χ0v) is 15.9. The van der Waals surface area contributed by atoms with Gasteiger partial charge in [0.25, 0.3) is 0 Å². The SMILES string of the molecule is COc1ccc(-n2nc(-c3ccncc3)nc2CCN2CCCCC2=O)cc1. The second kappa shape index (κ2) is 8.21. The van der Waals surface area contributed by atoms with Gasteiger partial charge < -0.3 is 9.64 Å². The largest absolute Gasteiger partial charge is 0.497 e. The van der Waals surface area contributed by atoms with E-state index in [9.17, 15) is 4.79 Å². The van der Waals surface area contributed by atoms with Gasteiger partial charge in [-0.25, -0.2) is 9.67 Å². The molecule has 3 aromatic rings. The number of hydrogen-bond donors (Lipinski definition) is 0. The predicted molar refractivity (Wildman–Crippen MR) is 105 cm³/mol. The van der Waals surface area contributed by atoms with Gasteiger partial charge in [-0.1, -0.05) is 0 Å². The lowest BCUT2D eigenvalue weighted by Gasteiger charge is -2.26. The lowest BCUT2D eigenvalue weighted by Crippen LogP contribution is -2.37. The van der Waals surface area contributed by atoms with Gasteiger partial charge in [0.1, 0.15) is 11.6 Å². The van der Waals surface area contributed by atoms with Crippen LogP contribution < -0.4 is 4.74 Å². The molecule has 1 aliphatic heterocycles. The standard InChI is InChI=1S/C21H23N5O2/c1-28-18-7-5-17(6-8-18)26-19(11-15-25-14-3-2-4-20(25)27)23-21(24-26)16-9-12-22-13-10-16/h5-10,12-13H,2-4,11,14-15H2,1H3. The van der Waals surface area contributed by atoms with Crippen molar-refractivity contribution in [3.63, 3.8) is 0 Å². The Kier molecular flexibility index (Phi) is 5.32. The van der Waals surface area contributed by atoms with Gasteiger partial charge in [-0.3, -0.25) is 9.78 Å². The number of aromatic nitrogens is 4. The molecule has 0 radical (unpaired) electrons. The summed E-state index contributed by atoms with van der Waals surface area (Å²) in [6.45, 7) is 1.48. The number of likely N-dealkylation sites (tertiary alicyclic amines) is 1. The van der Waals surface area contributed by atoms with Crippen LogP contribution in [0.5, 0.6) is 5.75 Å². The van der Waals surface area contributed by atoms with E-state index in [0.717, 1.165) is 42.2 Å². The minimum atomic E-state index is 0.233. The van der Waals surface area contributed by atoms with Crippen molar-refractivity contribution in [1.29, 1.82) is 0 Å². The predicted octanol–water partition coefficient (Wildman–Crippen LogP) is 2.89. The van der Waals surface area contributed by atoms with Crippen molar-refractivity contribution < 1.29 is 9.53 Å². The van der Waals surface area contributed by atoms with Gasteiger partial charge in [-0.15, -0.1) is 5.10 Å². The van der Waals surface area contributed by atoms with Crippen molar-refractivity contribution in [3.8, 4) is 22.8 Å². The molecule has 1 fully saturated rings. The topological polar surface area (TPSA) is 73.1 Å². The molecule has 1 saturated heterocycles. The molecule has 7 nitrogen and oxygen atoms in total. The van der Waals surface area contributed by atoms with Crippen LogP contribution in [0.25, 0.3) is 17.1 Å². The Hall–Kier alpha value is -3.22. The first-order chi connectivity index (χ1) is 13.7. The van der Waals surface area contributed by atoms with Crippen LogP contribution in [0.4, 0.5) is 0 Å². The number of amides is 1. The first kappa shape index (κ1) is 18.2. The second-order valence-electron chi connectivity index (χ2n) is 6.79. The second-order valence-corrected chi connectivity index (χ2v) is 6.79. The maximum Gasteiger partial charge on any atom is 0.222 e. The molecule has 4 rings (SSSR count). The van der Waals surface area contributed by atoms with Crippen molar-refractivity contribution in [1.82, 2.24) is 24.6 Å². The zero-order valence-electron chi connectivity index (χ0n) is 15.9. The van der Waals surface area contributed by atoms with Crippen molar-refractivity contribution >= 4 is 5.91 Å². The van der Waals surface area contributed by atoms with E-state index < -0.39 is 0 Å². The Balaban J connectivity index is 1.64. The Bertz CT molecular complexity index is 937. The van der Waals surface area contributed by atoms with E-state index in [1.165, 1.54) is 0 Å². The van der Waals surface area contributed by atoms with E-state index in [1.807, 2.05) is 46.0 Å². The minimum absolute atomic E-state index is 0.233. The smallest absolute Gasteiger partial charge is 0.222 e.